The van der Waals surface area contributed by atoms with E-state index in [9.17, 15) is 14.7 Å². The van der Waals surface area contributed by atoms with E-state index in [1.54, 1.807) is 0 Å². The number of likely N-dealkylation sites (tertiary alicyclic amines) is 1. The summed E-state index contributed by atoms with van der Waals surface area (Å²) in [7, 11) is 0. The van der Waals surface area contributed by atoms with Gasteiger partial charge in [-0.3, -0.25) is 4.98 Å². The van der Waals surface area contributed by atoms with Crippen molar-refractivity contribution >= 4 is 17.7 Å². The number of benzene rings is 1. The molecule has 1 aliphatic rings. The minimum absolute atomic E-state index is 0.0713. The lowest BCUT2D eigenvalue weighted by Crippen LogP contribution is -2.39. The lowest BCUT2D eigenvalue weighted by Gasteiger charge is -2.29. The van der Waals surface area contributed by atoms with E-state index in [1.165, 1.54) is 14.0 Å². The average molecular weight is 474 g/mol. The maximum atomic E-state index is 13.4. The van der Waals surface area contributed by atoms with Crippen molar-refractivity contribution in [2.45, 2.75) is 33.2 Å². The van der Waals surface area contributed by atoms with Crippen molar-refractivity contribution in [2.24, 2.45) is 5.92 Å². The highest BCUT2D eigenvalue weighted by molar-refractivity contribution is 5.90. The van der Waals surface area contributed by atoms with E-state index in [0.717, 1.165) is 28.1 Å². The maximum Gasteiger partial charge on any atom is 0.407 e. The quantitative estimate of drug-likeness (QED) is 0.465. The summed E-state index contributed by atoms with van der Waals surface area (Å²) in [5, 5.41) is 14.0. The van der Waals surface area contributed by atoms with Crippen LogP contribution in [0, 0.1) is 19.8 Å². The van der Waals surface area contributed by atoms with Crippen LogP contribution in [-0.2, 0) is 6.54 Å². The van der Waals surface area contributed by atoms with E-state index in [2.05, 4.69) is 9.97 Å². The molecule has 0 aliphatic carbocycles. The largest absolute Gasteiger partial charge is 0.465 e. The Bertz CT molecular complexity index is 1450. The van der Waals surface area contributed by atoms with Crippen LogP contribution in [0.2, 0.25) is 0 Å². The van der Waals surface area contributed by atoms with Crippen molar-refractivity contribution in [3.8, 4) is 22.4 Å². The topological polar surface area (TPSA) is 132 Å². The second-order valence-electron chi connectivity index (χ2n) is 9.03. The highest BCUT2D eigenvalue weighted by atomic mass is 16.4. The van der Waals surface area contributed by atoms with E-state index >= 15 is 0 Å². The third-order valence-electron chi connectivity index (χ3n) is 6.49. The summed E-state index contributed by atoms with van der Waals surface area (Å²) in [4.78, 5) is 35.2. The Hall–Kier alpha value is -4.21. The predicted molar refractivity (Wildman–Crippen MR) is 132 cm³/mol. The summed E-state index contributed by atoms with van der Waals surface area (Å²) in [6.45, 7) is 5.14. The molecule has 1 aromatic carbocycles. The molecule has 3 N–H and O–H groups in total. The van der Waals surface area contributed by atoms with Crippen LogP contribution in [0.5, 0.6) is 0 Å². The third kappa shape index (κ3) is 4.23. The Morgan fingerprint density at radius 3 is 2.34 bits per heavy atom. The van der Waals surface area contributed by atoms with Crippen molar-refractivity contribution < 1.29 is 9.90 Å². The normalized spacial score (nSPS) is 14.5. The number of fused-ring (bicyclic) bond motifs is 1. The van der Waals surface area contributed by atoms with Gasteiger partial charge in [-0.05, 0) is 50.3 Å². The fourth-order valence-electron chi connectivity index (χ4n) is 4.82. The van der Waals surface area contributed by atoms with Gasteiger partial charge in [0.2, 0.25) is 5.95 Å². The first kappa shape index (κ1) is 22.6. The minimum Gasteiger partial charge on any atom is -0.465 e. The van der Waals surface area contributed by atoms with Gasteiger partial charge in [0.25, 0.3) is 0 Å². The molecule has 4 heterocycles. The smallest absolute Gasteiger partial charge is 0.407 e. The van der Waals surface area contributed by atoms with Crippen molar-refractivity contribution in [1.29, 1.82) is 0 Å². The summed E-state index contributed by atoms with van der Waals surface area (Å²) >= 11 is 0. The zero-order chi connectivity index (χ0) is 24.7. The molecule has 0 radical (unpaired) electrons. The van der Waals surface area contributed by atoms with Gasteiger partial charge in [-0.15, -0.1) is 5.10 Å². The molecule has 0 spiro atoms. The zero-order valence-corrected chi connectivity index (χ0v) is 19.7. The number of nitrogens with two attached hydrogens (primary N) is 1. The molecule has 0 unspecified atom stereocenters. The molecule has 4 aromatic rings. The van der Waals surface area contributed by atoms with Gasteiger partial charge in [0.15, 0.2) is 5.65 Å². The number of hydrogen-bond donors (Lipinski definition) is 2. The number of aromatic nitrogens is 5. The Balaban J connectivity index is 1.66. The number of nitrogens with zero attached hydrogens (tertiary/aromatic N) is 6. The van der Waals surface area contributed by atoms with Crippen molar-refractivity contribution in [3.05, 3.63) is 64.3 Å². The number of hydrogen-bond acceptors (Lipinski definition) is 6. The number of anilines is 1. The summed E-state index contributed by atoms with van der Waals surface area (Å²) < 4.78 is 2.80. The maximum absolute atomic E-state index is 13.4. The molecular weight excluding hydrogens is 446 g/mol. The number of pyridine rings is 1. The molecule has 1 fully saturated rings. The number of aryl methyl sites for hydroxylation is 2. The van der Waals surface area contributed by atoms with Gasteiger partial charge < -0.3 is 15.7 Å². The molecular formula is C25H27N7O3. The Kier molecular flexibility index (Phi) is 5.72. The van der Waals surface area contributed by atoms with Gasteiger partial charge in [0, 0.05) is 36.6 Å². The van der Waals surface area contributed by atoms with Gasteiger partial charge in [-0.2, -0.15) is 0 Å². The number of amides is 1. The molecule has 0 atom stereocenters. The Morgan fingerprint density at radius 1 is 1.06 bits per heavy atom. The van der Waals surface area contributed by atoms with Crippen LogP contribution in [0.1, 0.15) is 24.2 Å². The molecule has 1 saturated heterocycles. The van der Waals surface area contributed by atoms with E-state index < -0.39 is 6.09 Å². The lowest BCUT2D eigenvalue weighted by molar-refractivity contribution is 0.120. The number of carbonyl (C=O) groups is 1. The molecule has 10 heteroatoms. The van der Waals surface area contributed by atoms with Crippen molar-refractivity contribution in [3.63, 3.8) is 0 Å². The zero-order valence-electron chi connectivity index (χ0n) is 19.7. The van der Waals surface area contributed by atoms with Gasteiger partial charge in [-0.1, -0.05) is 30.3 Å². The number of carboxylic acid groups (broad SMARTS) is 1. The Labute approximate surface area is 201 Å². The van der Waals surface area contributed by atoms with Crippen LogP contribution in [-0.4, -0.2) is 53.3 Å². The molecule has 10 nitrogen and oxygen atoms in total. The molecule has 5 rings (SSSR count). The van der Waals surface area contributed by atoms with Gasteiger partial charge in [0.05, 0.1) is 11.3 Å². The first-order valence-corrected chi connectivity index (χ1v) is 11.6. The fraction of sp³-hybridized carbons (Fsp3) is 0.320. The van der Waals surface area contributed by atoms with Crippen LogP contribution >= 0.6 is 0 Å². The SMILES string of the molecule is Cc1cc(-c2c(-c3ccccc3)nc(N)n3c(=O)n(CC4CCN(C(=O)O)CC4)nc23)cc(C)n1. The molecule has 1 amide bonds. The van der Waals surface area contributed by atoms with E-state index in [1.807, 2.05) is 56.3 Å². The Morgan fingerprint density at radius 2 is 1.71 bits per heavy atom. The fourth-order valence-corrected chi connectivity index (χ4v) is 4.82. The second kappa shape index (κ2) is 8.86. The van der Waals surface area contributed by atoms with Gasteiger partial charge in [-0.25, -0.2) is 23.7 Å². The summed E-state index contributed by atoms with van der Waals surface area (Å²) in [5.74, 6) is 0.215. The summed E-state index contributed by atoms with van der Waals surface area (Å²) in [6, 6.07) is 13.6. The van der Waals surface area contributed by atoms with Crippen LogP contribution in [0.4, 0.5) is 10.7 Å². The van der Waals surface area contributed by atoms with E-state index in [0.29, 0.717) is 43.8 Å². The number of rotatable bonds is 4. The second-order valence-corrected chi connectivity index (χ2v) is 9.03. The van der Waals surface area contributed by atoms with E-state index in [4.69, 9.17) is 10.8 Å². The average Bonchev–Trinajstić information content (AvgIpc) is 3.15. The summed E-state index contributed by atoms with van der Waals surface area (Å²) in [5.41, 5.74) is 11.2. The summed E-state index contributed by atoms with van der Waals surface area (Å²) in [6.07, 6.45) is 0.435. The number of nitrogen functional groups attached to an aromatic ring is 1. The van der Waals surface area contributed by atoms with Crippen LogP contribution in [0.15, 0.2) is 47.3 Å². The van der Waals surface area contributed by atoms with Crippen LogP contribution in [0.3, 0.4) is 0 Å². The van der Waals surface area contributed by atoms with Crippen molar-refractivity contribution in [1.82, 2.24) is 29.0 Å². The van der Waals surface area contributed by atoms with E-state index in [-0.39, 0.29) is 17.6 Å². The molecule has 0 bridgehead atoms. The molecule has 0 saturated carbocycles. The molecule has 1 aliphatic heterocycles. The van der Waals surface area contributed by atoms with Crippen LogP contribution in [0.25, 0.3) is 28.0 Å². The molecule has 3 aromatic heterocycles. The van der Waals surface area contributed by atoms with Crippen molar-refractivity contribution in [2.75, 3.05) is 18.8 Å². The molecule has 35 heavy (non-hydrogen) atoms. The molecule has 180 valence electrons. The third-order valence-corrected chi connectivity index (χ3v) is 6.49. The predicted octanol–water partition coefficient (Wildman–Crippen LogP) is 3.21. The van der Waals surface area contributed by atoms with Gasteiger partial charge in [0.1, 0.15) is 0 Å². The first-order chi connectivity index (χ1) is 16.8. The monoisotopic (exact) mass is 473 g/mol. The first-order valence-electron chi connectivity index (χ1n) is 11.6. The van der Waals surface area contributed by atoms with Gasteiger partial charge >= 0.3 is 11.8 Å². The highest BCUT2D eigenvalue weighted by Crippen LogP contribution is 2.35. The highest BCUT2D eigenvalue weighted by Gasteiger charge is 2.26. The standard InChI is InChI=1S/C25H27N7O3/c1-15-12-19(13-16(2)27-15)20-21(18-6-4-3-5-7-18)28-23(26)32-22(20)29-31(24(32)33)14-17-8-10-30(11-9-17)25(34)35/h3-7,12-13,17H,8-11,14H2,1-2H3,(H2,26,28)(H,34,35). The number of piperidine rings is 1. The lowest BCUT2D eigenvalue weighted by atomic mass is 9.97. The van der Waals surface area contributed by atoms with Crippen LogP contribution < -0.4 is 11.4 Å². The minimum atomic E-state index is -0.909.